The van der Waals surface area contributed by atoms with Crippen LogP contribution in [0.3, 0.4) is 0 Å². The number of sulfone groups is 1. The number of Topliss-reactive ketones (excluding diaryl/α,β-unsaturated/α-hetero) is 1. The Morgan fingerprint density at radius 2 is 2.07 bits per heavy atom. The van der Waals surface area contributed by atoms with Gasteiger partial charge in [0.2, 0.25) is 0 Å². The minimum Gasteiger partial charge on any atom is -0.292 e. The van der Waals surface area contributed by atoms with Gasteiger partial charge < -0.3 is 0 Å². The van der Waals surface area contributed by atoms with Gasteiger partial charge in [-0.3, -0.25) is 4.79 Å². The fourth-order valence-corrected chi connectivity index (χ4v) is 2.81. The van der Waals surface area contributed by atoms with Crippen molar-refractivity contribution in [1.82, 2.24) is 0 Å². The number of ketones is 1. The van der Waals surface area contributed by atoms with Gasteiger partial charge in [0.1, 0.15) is 5.75 Å². The molecule has 84 valence electrons. The Morgan fingerprint density at radius 3 is 2.47 bits per heavy atom. The number of rotatable bonds is 4. The van der Waals surface area contributed by atoms with E-state index in [1.54, 1.807) is 26.0 Å². The van der Waals surface area contributed by atoms with Gasteiger partial charge in [0.15, 0.2) is 15.6 Å². The summed E-state index contributed by atoms with van der Waals surface area (Å²) in [5.41, 5.74) is 0. The molecule has 1 heterocycles. The lowest BCUT2D eigenvalue weighted by Gasteiger charge is -2.05. The van der Waals surface area contributed by atoms with Crippen LogP contribution in [0.15, 0.2) is 12.1 Å². The normalized spacial score (nSPS) is 12.0. The third kappa shape index (κ3) is 3.29. The Hall–Kier alpha value is -0.390. The predicted octanol–water partition coefficient (Wildman–Crippen LogP) is 2.41. The highest BCUT2D eigenvalue weighted by atomic mass is 35.5. The Labute approximate surface area is 98.0 Å². The van der Waals surface area contributed by atoms with Crippen LogP contribution in [0, 0.1) is 0 Å². The van der Waals surface area contributed by atoms with Crippen molar-refractivity contribution < 1.29 is 13.2 Å². The van der Waals surface area contributed by atoms with Gasteiger partial charge in [-0.25, -0.2) is 8.42 Å². The molecule has 1 aromatic rings. The van der Waals surface area contributed by atoms with Gasteiger partial charge in [-0.2, -0.15) is 0 Å². The van der Waals surface area contributed by atoms with Crippen LogP contribution < -0.4 is 0 Å². The van der Waals surface area contributed by atoms with Crippen molar-refractivity contribution in [2.45, 2.75) is 19.1 Å². The van der Waals surface area contributed by atoms with E-state index in [2.05, 4.69) is 0 Å². The highest BCUT2D eigenvalue weighted by Crippen LogP contribution is 2.22. The monoisotopic (exact) mass is 266 g/mol. The fraction of sp³-hybridized carbons (Fsp3) is 0.444. The maximum absolute atomic E-state index is 11.6. The van der Waals surface area contributed by atoms with E-state index in [4.69, 9.17) is 11.6 Å². The van der Waals surface area contributed by atoms with E-state index in [9.17, 15) is 13.2 Å². The first-order chi connectivity index (χ1) is 6.83. The molecule has 6 heteroatoms. The number of thiophene rings is 1. The molecule has 0 aliphatic heterocycles. The third-order valence-corrected chi connectivity index (χ3v) is 5.27. The second-order valence-electron chi connectivity index (χ2n) is 3.38. The molecule has 0 saturated heterocycles. The van der Waals surface area contributed by atoms with E-state index < -0.39 is 20.8 Å². The maximum atomic E-state index is 11.6. The summed E-state index contributed by atoms with van der Waals surface area (Å²) in [4.78, 5) is 11.9. The highest BCUT2D eigenvalue weighted by Gasteiger charge is 2.22. The van der Waals surface area contributed by atoms with Gasteiger partial charge in [-0.15, -0.1) is 11.3 Å². The minimum atomic E-state index is -3.32. The molecular formula is C9H11ClO3S2. The number of hydrogen-bond donors (Lipinski definition) is 0. The van der Waals surface area contributed by atoms with E-state index >= 15 is 0 Å². The number of hydrogen-bond acceptors (Lipinski definition) is 4. The van der Waals surface area contributed by atoms with Crippen LogP contribution in [0.2, 0.25) is 4.34 Å². The molecule has 0 amide bonds. The molecule has 1 rings (SSSR count). The zero-order chi connectivity index (χ0) is 11.6. The van der Waals surface area contributed by atoms with Crippen LogP contribution in [-0.2, 0) is 9.84 Å². The van der Waals surface area contributed by atoms with Crippen molar-refractivity contribution in [2.75, 3.05) is 5.75 Å². The summed E-state index contributed by atoms with van der Waals surface area (Å²) >= 11 is 6.75. The molecule has 0 aromatic carbocycles. The summed E-state index contributed by atoms with van der Waals surface area (Å²) < 4.78 is 23.4. The zero-order valence-electron chi connectivity index (χ0n) is 8.36. The molecule has 15 heavy (non-hydrogen) atoms. The molecule has 0 aliphatic carbocycles. The molecule has 0 bridgehead atoms. The standard InChI is InChI=1S/C9H11ClO3S2/c1-6(2)15(12,13)5-7(11)8-3-4-9(10)14-8/h3-4,6H,5H2,1-2H3. The summed E-state index contributed by atoms with van der Waals surface area (Å²) in [5.74, 6) is -0.831. The number of halogens is 1. The second kappa shape index (κ2) is 4.63. The van der Waals surface area contributed by atoms with Crippen LogP contribution in [0.1, 0.15) is 23.5 Å². The van der Waals surface area contributed by atoms with Gasteiger partial charge in [0, 0.05) is 0 Å². The average molecular weight is 267 g/mol. The second-order valence-corrected chi connectivity index (χ2v) is 7.66. The molecular weight excluding hydrogens is 256 g/mol. The molecule has 0 radical (unpaired) electrons. The minimum absolute atomic E-state index is 0.388. The average Bonchev–Trinajstić information content (AvgIpc) is 2.50. The van der Waals surface area contributed by atoms with Gasteiger partial charge in [0.25, 0.3) is 0 Å². The molecule has 0 spiro atoms. The molecule has 0 saturated carbocycles. The Balaban J connectivity index is 2.81. The van der Waals surface area contributed by atoms with Crippen molar-refractivity contribution in [3.05, 3.63) is 21.3 Å². The lowest BCUT2D eigenvalue weighted by atomic mass is 10.4. The van der Waals surface area contributed by atoms with Crippen LogP contribution in [0.4, 0.5) is 0 Å². The van der Waals surface area contributed by atoms with Crippen molar-refractivity contribution in [2.24, 2.45) is 0 Å². The van der Waals surface area contributed by atoms with E-state index in [0.29, 0.717) is 9.21 Å². The van der Waals surface area contributed by atoms with Gasteiger partial charge in [0.05, 0.1) is 14.5 Å². The molecule has 1 aromatic heterocycles. The number of carbonyl (C=O) groups is 1. The van der Waals surface area contributed by atoms with E-state index in [1.807, 2.05) is 0 Å². The number of carbonyl (C=O) groups excluding carboxylic acids is 1. The van der Waals surface area contributed by atoms with Crippen LogP contribution >= 0.6 is 22.9 Å². The first kappa shape index (κ1) is 12.7. The zero-order valence-corrected chi connectivity index (χ0v) is 10.7. The van der Waals surface area contributed by atoms with Crippen LogP contribution in [-0.4, -0.2) is 25.2 Å². The third-order valence-electron chi connectivity index (χ3n) is 1.90. The topological polar surface area (TPSA) is 51.2 Å². The fourth-order valence-electron chi connectivity index (χ4n) is 0.885. The van der Waals surface area contributed by atoms with E-state index in [0.717, 1.165) is 11.3 Å². The quantitative estimate of drug-likeness (QED) is 0.787. The molecule has 0 N–H and O–H groups in total. The Kier molecular flexibility index (Phi) is 3.92. The van der Waals surface area contributed by atoms with Gasteiger partial charge in [-0.05, 0) is 26.0 Å². The highest BCUT2D eigenvalue weighted by molar-refractivity contribution is 7.92. The maximum Gasteiger partial charge on any atom is 0.187 e. The van der Waals surface area contributed by atoms with E-state index in [-0.39, 0.29) is 5.78 Å². The first-order valence-electron chi connectivity index (χ1n) is 4.33. The van der Waals surface area contributed by atoms with Gasteiger partial charge >= 0.3 is 0 Å². The largest absolute Gasteiger partial charge is 0.292 e. The van der Waals surface area contributed by atoms with E-state index in [1.165, 1.54) is 0 Å². The van der Waals surface area contributed by atoms with Crippen LogP contribution in [0.25, 0.3) is 0 Å². The van der Waals surface area contributed by atoms with Crippen molar-refractivity contribution in [3.8, 4) is 0 Å². The van der Waals surface area contributed by atoms with Gasteiger partial charge in [-0.1, -0.05) is 11.6 Å². The summed E-state index contributed by atoms with van der Waals surface area (Å²) in [6.45, 7) is 3.12. The summed E-state index contributed by atoms with van der Waals surface area (Å²) in [7, 11) is -3.32. The summed E-state index contributed by atoms with van der Waals surface area (Å²) in [6.07, 6.45) is 0. The Bertz CT molecular complexity index is 459. The lowest BCUT2D eigenvalue weighted by molar-refractivity contribution is 0.102. The van der Waals surface area contributed by atoms with Crippen molar-refractivity contribution in [3.63, 3.8) is 0 Å². The van der Waals surface area contributed by atoms with Crippen LogP contribution in [0.5, 0.6) is 0 Å². The molecule has 0 unspecified atom stereocenters. The summed E-state index contributed by atoms with van der Waals surface area (Å²) in [5, 5.41) is -0.531. The van der Waals surface area contributed by atoms with Crippen molar-refractivity contribution in [1.29, 1.82) is 0 Å². The smallest absolute Gasteiger partial charge is 0.187 e. The molecule has 0 aliphatic rings. The lowest BCUT2D eigenvalue weighted by Crippen LogP contribution is -2.23. The SMILES string of the molecule is CC(C)S(=O)(=O)CC(=O)c1ccc(Cl)s1. The molecule has 0 fully saturated rings. The predicted molar refractivity (Wildman–Crippen MR) is 62.6 cm³/mol. The Morgan fingerprint density at radius 1 is 1.47 bits per heavy atom. The van der Waals surface area contributed by atoms with Crippen molar-refractivity contribution >= 4 is 38.6 Å². The first-order valence-corrected chi connectivity index (χ1v) is 7.24. The molecule has 0 atom stereocenters. The molecule has 3 nitrogen and oxygen atoms in total. The summed E-state index contributed by atoms with van der Waals surface area (Å²) in [6, 6.07) is 3.13.